The van der Waals surface area contributed by atoms with Crippen LogP contribution in [0, 0.1) is 0 Å². The van der Waals surface area contributed by atoms with Gasteiger partial charge in [-0.2, -0.15) is 0 Å². The lowest BCUT2D eigenvalue weighted by atomic mass is 10.1. The van der Waals surface area contributed by atoms with Crippen molar-refractivity contribution in [1.29, 1.82) is 0 Å². The third-order valence-electron chi connectivity index (χ3n) is 3.61. The lowest BCUT2D eigenvalue weighted by Gasteiger charge is -2.22. The van der Waals surface area contributed by atoms with Gasteiger partial charge in [-0.3, -0.25) is 19.3 Å². The van der Waals surface area contributed by atoms with Crippen LogP contribution in [0.15, 0.2) is 24.3 Å². The summed E-state index contributed by atoms with van der Waals surface area (Å²) in [5, 5.41) is 8.69. The van der Waals surface area contributed by atoms with Crippen LogP contribution in [-0.4, -0.2) is 58.9 Å². The standard InChI is InChI=1S/C15H18N2O4/c1-2-16(8-7-13(18)19)9-10-17-14(20)11-5-3-4-6-12(11)15(17)21/h3-6H,2,7-10H2,1H3,(H,18,19). The maximum atomic E-state index is 12.2. The van der Waals surface area contributed by atoms with E-state index < -0.39 is 5.97 Å². The fourth-order valence-electron chi connectivity index (χ4n) is 2.37. The first kappa shape index (κ1) is 15.2. The summed E-state index contributed by atoms with van der Waals surface area (Å²) in [4.78, 5) is 38.1. The number of fused-ring (bicyclic) bond motifs is 1. The first-order valence-corrected chi connectivity index (χ1v) is 6.94. The highest BCUT2D eigenvalue weighted by Gasteiger charge is 2.34. The molecule has 21 heavy (non-hydrogen) atoms. The minimum absolute atomic E-state index is 0.0515. The van der Waals surface area contributed by atoms with Crippen molar-refractivity contribution in [2.24, 2.45) is 0 Å². The topological polar surface area (TPSA) is 77.9 Å². The highest BCUT2D eigenvalue weighted by Crippen LogP contribution is 2.21. The zero-order chi connectivity index (χ0) is 15.4. The van der Waals surface area contributed by atoms with Gasteiger partial charge < -0.3 is 10.0 Å². The lowest BCUT2D eigenvalue weighted by molar-refractivity contribution is -0.137. The van der Waals surface area contributed by atoms with Crippen molar-refractivity contribution in [2.45, 2.75) is 13.3 Å². The zero-order valence-corrected chi connectivity index (χ0v) is 11.9. The largest absolute Gasteiger partial charge is 0.481 e. The van der Waals surface area contributed by atoms with E-state index in [0.717, 1.165) is 0 Å². The highest BCUT2D eigenvalue weighted by molar-refractivity contribution is 6.21. The Morgan fingerprint density at radius 2 is 1.71 bits per heavy atom. The van der Waals surface area contributed by atoms with E-state index >= 15 is 0 Å². The first-order valence-electron chi connectivity index (χ1n) is 6.94. The fraction of sp³-hybridized carbons (Fsp3) is 0.400. The molecule has 0 aliphatic carbocycles. The summed E-state index contributed by atoms with van der Waals surface area (Å²) in [5.74, 6) is -1.40. The molecule has 2 rings (SSSR count). The highest BCUT2D eigenvalue weighted by atomic mass is 16.4. The summed E-state index contributed by atoms with van der Waals surface area (Å²) >= 11 is 0. The van der Waals surface area contributed by atoms with Crippen LogP contribution in [0.1, 0.15) is 34.1 Å². The summed E-state index contributed by atoms with van der Waals surface area (Å²) < 4.78 is 0. The molecule has 0 fully saturated rings. The van der Waals surface area contributed by atoms with Crippen molar-refractivity contribution in [3.63, 3.8) is 0 Å². The predicted molar refractivity (Wildman–Crippen MR) is 76.2 cm³/mol. The number of imide groups is 1. The molecule has 1 N–H and O–H groups in total. The predicted octanol–water partition coefficient (Wildman–Crippen LogP) is 1.08. The van der Waals surface area contributed by atoms with Gasteiger partial charge in [-0.1, -0.05) is 19.1 Å². The molecule has 0 spiro atoms. The van der Waals surface area contributed by atoms with Gasteiger partial charge in [0.1, 0.15) is 0 Å². The smallest absolute Gasteiger partial charge is 0.304 e. The Balaban J connectivity index is 1.97. The molecule has 1 aliphatic rings. The summed E-state index contributed by atoms with van der Waals surface area (Å²) in [6.07, 6.45) is 0.0515. The molecule has 0 bridgehead atoms. The monoisotopic (exact) mass is 290 g/mol. The molecule has 1 heterocycles. The summed E-state index contributed by atoms with van der Waals surface area (Å²) in [5.41, 5.74) is 0.882. The molecule has 0 aromatic heterocycles. The van der Waals surface area contributed by atoms with Gasteiger partial charge in [0.05, 0.1) is 17.5 Å². The average Bonchev–Trinajstić information content (AvgIpc) is 2.72. The molecule has 0 radical (unpaired) electrons. The van der Waals surface area contributed by atoms with E-state index in [1.807, 2.05) is 11.8 Å². The molecule has 0 atom stereocenters. The van der Waals surface area contributed by atoms with E-state index in [-0.39, 0.29) is 24.8 Å². The summed E-state index contributed by atoms with van der Waals surface area (Å²) in [6, 6.07) is 6.77. The maximum absolute atomic E-state index is 12.2. The third kappa shape index (κ3) is 3.28. The van der Waals surface area contributed by atoms with E-state index in [9.17, 15) is 14.4 Å². The Morgan fingerprint density at radius 1 is 1.14 bits per heavy atom. The Hall–Kier alpha value is -2.21. The Labute approximate surface area is 123 Å². The van der Waals surface area contributed by atoms with Gasteiger partial charge in [-0.05, 0) is 18.7 Å². The Morgan fingerprint density at radius 3 is 2.19 bits per heavy atom. The number of likely N-dealkylation sites (N-methyl/N-ethyl adjacent to an activating group) is 1. The number of hydrogen-bond donors (Lipinski definition) is 1. The van der Waals surface area contributed by atoms with Crippen LogP contribution >= 0.6 is 0 Å². The molecule has 112 valence electrons. The number of aliphatic carboxylic acids is 1. The molecular formula is C15H18N2O4. The van der Waals surface area contributed by atoms with Crippen molar-refractivity contribution >= 4 is 17.8 Å². The number of nitrogens with zero attached hydrogens (tertiary/aromatic N) is 2. The zero-order valence-electron chi connectivity index (χ0n) is 11.9. The quantitative estimate of drug-likeness (QED) is 0.760. The molecule has 0 saturated carbocycles. The fourth-order valence-corrected chi connectivity index (χ4v) is 2.37. The number of rotatable bonds is 7. The number of benzene rings is 1. The average molecular weight is 290 g/mol. The number of carbonyl (C=O) groups is 3. The van der Waals surface area contributed by atoms with E-state index in [0.29, 0.717) is 30.8 Å². The van der Waals surface area contributed by atoms with E-state index in [4.69, 9.17) is 5.11 Å². The van der Waals surface area contributed by atoms with E-state index in [1.165, 1.54) is 4.90 Å². The van der Waals surface area contributed by atoms with Gasteiger partial charge in [0.15, 0.2) is 0 Å². The van der Waals surface area contributed by atoms with Crippen LogP contribution in [0.4, 0.5) is 0 Å². The first-order chi connectivity index (χ1) is 10.0. The molecule has 0 saturated heterocycles. The van der Waals surface area contributed by atoms with Crippen molar-refractivity contribution < 1.29 is 19.5 Å². The molecule has 6 heteroatoms. The van der Waals surface area contributed by atoms with Crippen LogP contribution < -0.4 is 0 Å². The van der Waals surface area contributed by atoms with Crippen LogP contribution in [0.3, 0.4) is 0 Å². The van der Waals surface area contributed by atoms with Gasteiger partial charge >= 0.3 is 5.97 Å². The second-order valence-electron chi connectivity index (χ2n) is 4.89. The van der Waals surface area contributed by atoms with Crippen molar-refractivity contribution in [2.75, 3.05) is 26.2 Å². The third-order valence-corrected chi connectivity index (χ3v) is 3.61. The van der Waals surface area contributed by atoms with Gasteiger partial charge in [-0.25, -0.2) is 0 Å². The van der Waals surface area contributed by atoms with Crippen LogP contribution in [-0.2, 0) is 4.79 Å². The van der Waals surface area contributed by atoms with Crippen molar-refractivity contribution in [3.05, 3.63) is 35.4 Å². The molecule has 6 nitrogen and oxygen atoms in total. The maximum Gasteiger partial charge on any atom is 0.304 e. The molecular weight excluding hydrogens is 272 g/mol. The molecule has 0 unspecified atom stereocenters. The Bertz CT molecular complexity index is 536. The normalized spacial score (nSPS) is 13.9. The Kier molecular flexibility index (Phi) is 4.70. The second-order valence-corrected chi connectivity index (χ2v) is 4.89. The van der Waals surface area contributed by atoms with E-state index in [2.05, 4.69) is 0 Å². The number of hydrogen-bond acceptors (Lipinski definition) is 4. The molecule has 1 aromatic carbocycles. The number of amides is 2. The van der Waals surface area contributed by atoms with Crippen molar-refractivity contribution in [3.8, 4) is 0 Å². The lowest BCUT2D eigenvalue weighted by Crippen LogP contribution is -2.39. The number of carbonyl (C=O) groups excluding carboxylic acids is 2. The SMILES string of the molecule is CCN(CCC(=O)O)CCN1C(=O)c2ccccc2C1=O. The number of carboxylic acid groups (broad SMARTS) is 1. The van der Waals surface area contributed by atoms with Crippen LogP contribution in [0.5, 0.6) is 0 Å². The molecule has 1 aromatic rings. The molecule has 2 amide bonds. The van der Waals surface area contributed by atoms with Gasteiger partial charge in [-0.15, -0.1) is 0 Å². The minimum atomic E-state index is -0.853. The van der Waals surface area contributed by atoms with Crippen LogP contribution in [0.2, 0.25) is 0 Å². The summed E-state index contributed by atoms with van der Waals surface area (Å²) in [6.45, 7) is 3.77. The molecule has 1 aliphatic heterocycles. The van der Waals surface area contributed by atoms with Gasteiger partial charge in [0.25, 0.3) is 11.8 Å². The van der Waals surface area contributed by atoms with Gasteiger partial charge in [0.2, 0.25) is 0 Å². The minimum Gasteiger partial charge on any atom is -0.481 e. The van der Waals surface area contributed by atoms with Crippen molar-refractivity contribution in [1.82, 2.24) is 9.80 Å². The summed E-state index contributed by atoms with van der Waals surface area (Å²) in [7, 11) is 0. The van der Waals surface area contributed by atoms with E-state index in [1.54, 1.807) is 24.3 Å². The second kappa shape index (κ2) is 6.49. The van der Waals surface area contributed by atoms with Gasteiger partial charge in [0, 0.05) is 19.6 Å². The number of carboxylic acids is 1. The van der Waals surface area contributed by atoms with Crippen LogP contribution in [0.25, 0.3) is 0 Å².